The number of para-hydroxylation sites is 1. The predicted octanol–water partition coefficient (Wildman–Crippen LogP) is 4.97. The monoisotopic (exact) mass is 482 g/mol. The van der Waals surface area contributed by atoms with Gasteiger partial charge in [0.1, 0.15) is 11.6 Å². The average molecular weight is 482 g/mol. The van der Waals surface area contributed by atoms with Gasteiger partial charge in [0.2, 0.25) is 0 Å². The Hall–Kier alpha value is -3.60. The van der Waals surface area contributed by atoms with E-state index in [-0.39, 0.29) is 16.3 Å². The highest BCUT2D eigenvalue weighted by Gasteiger charge is 2.33. The fraction of sp³-hybridized carbons (Fsp3) is 0.136. The van der Waals surface area contributed by atoms with Crippen molar-refractivity contribution in [2.24, 2.45) is 0 Å². The van der Waals surface area contributed by atoms with Crippen molar-refractivity contribution < 1.29 is 35.5 Å². The SMILES string of the molecule is Cc1cc(S(=O)(=O)Nc2ccc(F)cc2)ccc1OCC(=O)Nc1ccccc1C(F)(F)F. The molecule has 174 valence electrons. The first kappa shape index (κ1) is 24.1. The summed E-state index contributed by atoms with van der Waals surface area (Å²) >= 11 is 0. The van der Waals surface area contributed by atoms with Crippen LogP contribution in [0.1, 0.15) is 11.1 Å². The van der Waals surface area contributed by atoms with Gasteiger partial charge in [-0.2, -0.15) is 13.2 Å². The highest BCUT2D eigenvalue weighted by Crippen LogP contribution is 2.34. The maximum absolute atomic E-state index is 13.0. The van der Waals surface area contributed by atoms with E-state index in [1.165, 1.54) is 42.5 Å². The number of anilines is 2. The number of benzene rings is 3. The summed E-state index contributed by atoms with van der Waals surface area (Å²) in [4.78, 5) is 12.0. The number of amides is 1. The Kier molecular flexibility index (Phi) is 6.92. The maximum atomic E-state index is 13.0. The number of hydrogen-bond donors (Lipinski definition) is 2. The van der Waals surface area contributed by atoms with Crippen LogP contribution >= 0.6 is 0 Å². The molecule has 6 nitrogen and oxygen atoms in total. The molecular weight excluding hydrogens is 464 g/mol. The number of ether oxygens (including phenoxy) is 1. The summed E-state index contributed by atoms with van der Waals surface area (Å²) in [5, 5.41) is 2.16. The van der Waals surface area contributed by atoms with Crippen molar-refractivity contribution in [3.8, 4) is 5.75 Å². The second-order valence-electron chi connectivity index (χ2n) is 6.92. The molecule has 3 rings (SSSR count). The third-order valence-electron chi connectivity index (χ3n) is 4.42. The van der Waals surface area contributed by atoms with Crippen molar-refractivity contribution in [2.75, 3.05) is 16.6 Å². The number of carbonyl (C=O) groups is 1. The van der Waals surface area contributed by atoms with Crippen LogP contribution in [-0.2, 0) is 21.0 Å². The molecule has 0 bridgehead atoms. The van der Waals surface area contributed by atoms with E-state index in [0.717, 1.165) is 24.3 Å². The number of aryl methyl sites for hydroxylation is 1. The summed E-state index contributed by atoms with van der Waals surface area (Å²) in [5.74, 6) is -1.16. The Morgan fingerprint density at radius 3 is 2.30 bits per heavy atom. The van der Waals surface area contributed by atoms with Crippen LogP contribution in [0, 0.1) is 12.7 Å². The quantitative estimate of drug-likeness (QED) is 0.466. The molecule has 0 saturated heterocycles. The molecule has 0 radical (unpaired) electrons. The van der Waals surface area contributed by atoms with E-state index < -0.39 is 45.8 Å². The van der Waals surface area contributed by atoms with Crippen LogP contribution in [0.3, 0.4) is 0 Å². The molecule has 3 aromatic carbocycles. The zero-order valence-corrected chi connectivity index (χ0v) is 17.9. The van der Waals surface area contributed by atoms with Crippen molar-refractivity contribution >= 4 is 27.3 Å². The van der Waals surface area contributed by atoms with Crippen molar-refractivity contribution in [3.05, 3.63) is 83.7 Å². The Balaban J connectivity index is 1.66. The summed E-state index contributed by atoms with van der Waals surface area (Å²) in [6.45, 7) is 0.954. The zero-order chi connectivity index (χ0) is 24.2. The van der Waals surface area contributed by atoms with E-state index in [1.54, 1.807) is 6.92 Å². The van der Waals surface area contributed by atoms with Gasteiger partial charge >= 0.3 is 6.18 Å². The van der Waals surface area contributed by atoms with Gasteiger partial charge in [-0.25, -0.2) is 12.8 Å². The molecule has 33 heavy (non-hydrogen) atoms. The summed E-state index contributed by atoms with van der Waals surface area (Å²) in [6, 6.07) is 13.2. The van der Waals surface area contributed by atoms with Gasteiger partial charge in [0.25, 0.3) is 15.9 Å². The third-order valence-corrected chi connectivity index (χ3v) is 5.80. The molecule has 2 N–H and O–H groups in total. The molecule has 0 fully saturated rings. The lowest BCUT2D eigenvalue weighted by Gasteiger charge is -2.15. The van der Waals surface area contributed by atoms with E-state index in [4.69, 9.17) is 4.74 Å². The van der Waals surface area contributed by atoms with Crippen LogP contribution in [0.25, 0.3) is 0 Å². The normalized spacial score (nSPS) is 11.7. The standard InChI is InChI=1S/C22H18F4N2O4S/c1-14-12-17(33(30,31)28-16-8-6-15(23)7-9-16)10-11-20(14)32-13-21(29)27-19-5-3-2-4-18(19)22(24,25)26/h2-12,28H,13H2,1H3,(H,27,29). The van der Waals surface area contributed by atoms with Crippen LogP contribution in [0.5, 0.6) is 5.75 Å². The highest BCUT2D eigenvalue weighted by atomic mass is 32.2. The third kappa shape index (κ3) is 6.22. The number of sulfonamides is 1. The van der Waals surface area contributed by atoms with Crippen LogP contribution < -0.4 is 14.8 Å². The van der Waals surface area contributed by atoms with Crippen LogP contribution in [-0.4, -0.2) is 20.9 Å². The van der Waals surface area contributed by atoms with Gasteiger partial charge in [-0.3, -0.25) is 9.52 Å². The summed E-state index contributed by atoms with van der Waals surface area (Å²) in [7, 11) is -3.97. The van der Waals surface area contributed by atoms with Crippen molar-refractivity contribution in [3.63, 3.8) is 0 Å². The molecule has 3 aromatic rings. The molecule has 1 amide bonds. The van der Waals surface area contributed by atoms with Gasteiger partial charge in [-0.15, -0.1) is 0 Å². The molecule has 0 aromatic heterocycles. The molecule has 0 heterocycles. The van der Waals surface area contributed by atoms with Crippen LogP contribution in [0.4, 0.5) is 28.9 Å². The molecule has 0 saturated carbocycles. The van der Waals surface area contributed by atoms with Crippen molar-refractivity contribution in [1.82, 2.24) is 0 Å². The largest absolute Gasteiger partial charge is 0.483 e. The Morgan fingerprint density at radius 1 is 1.00 bits per heavy atom. The lowest BCUT2D eigenvalue weighted by molar-refractivity contribution is -0.137. The maximum Gasteiger partial charge on any atom is 0.418 e. The lowest BCUT2D eigenvalue weighted by Crippen LogP contribution is -2.22. The Labute approximate surface area is 187 Å². The summed E-state index contributed by atoms with van der Waals surface area (Å²) in [5.41, 5.74) is -0.841. The average Bonchev–Trinajstić information content (AvgIpc) is 2.74. The van der Waals surface area contributed by atoms with E-state index in [1.807, 2.05) is 0 Å². The van der Waals surface area contributed by atoms with Gasteiger partial charge in [-0.1, -0.05) is 12.1 Å². The molecule has 0 aliphatic heterocycles. The molecule has 0 spiro atoms. The zero-order valence-electron chi connectivity index (χ0n) is 17.1. The number of nitrogens with one attached hydrogen (secondary N) is 2. The van der Waals surface area contributed by atoms with Crippen molar-refractivity contribution in [2.45, 2.75) is 18.0 Å². The predicted molar refractivity (Wildman–Crippen MR) is 114 cm³/mol. The molecular formula is C22H18F4N2O4S. The molecule has 0 atom stereocenters. The second-order valence-corrected chi connectivity index (χ2v) is 8.60. The highest BCUT2D eigenvalue weighted by molar-refractivity contribution is 7.92. The second kappa shape index (κ2) is 9.49. The van der Waals surface area contributed by atoms with E-state index in [2.05, 4.69) is 10.0 Å². The van der Waals surface area contributed by atoms with Gasteiger partial charge < -0.3 is 10.1 Å². The molecule has 0 aliphatic carbocycles. The van der Waals surface area contributed by atoms with Gasteiger partial charge in [0.15, 0.2) is 6.61 Å². The minimum Gasteiger partial charge on any atom is -0.483 e. The first-order chi connectivity index (χ1) is 15.5. The van der Waals surface area contributed by atoms with E-state index >= 15 is 0 Å². The fourth-order valence-electron chi connectivity index (χ4n) is 2.85. The number of rotatable bonds is 7. The summed E-state index contributed by atoms with van der Waals surface area (Å²) < 4.78 is 84.8. The lowest BCUT2D eigenvalue weighted by atomic mass is 10.1. The molecule has 11 heteroatoms. The van der Waals surface area contributed by atoms with E-state index in [9.17, 15) is 30.8 Å². The van der Waals surface area contributed by atoms with Crippen molar-refractivity contribution in [1.29, 1.82) is 0 Å². The minimum absolute atomic E-state index is 0.0970. The number of halogens is 4. The van der Waals surface area contributed by atoms with Crippen LogP contribution in [0.2, 0.25) is 0 Å². The Bertz CT molecular complexity index is 1260. The number of carbonyl (C=O) groups excluding carboxylic acids is 1. The smallest absolute Gasteiger partial charge is 0.418 e. The molecule has 0 aliphatic rings. The first-order valence-electron chi connectivity index (χ1n) is 9.43. The topological polar surface area (TPSA) is 84.5 Å². The minimum atomic E-state index is -4.63. The molecule has 0 unspecified atom stereocenters. The number of hydrogen-bond acceptors (Lipinski definition) is 4. The van der Waals surface area contributed by atoms with Gasteiger partial charge in [-0.05, 0) is 67.1 Å². The van der Waals surface area contributed by atoms with E-state index in [0.29, 0.717) is 5.56 Å². The van der Waals surface area contributed by atoms with Gasteiger partial charge in [0.05, 0.1) is 16.1 Å². The number of alkyl halides is 3. The first-order valence-corrected chi connectivity index (χ1v) is 10.9. The van der Waals surface area contributed by atoms with Crippen LogP contribution in [0.15, 0.2) is 71.6 Å². The van der Waals surface area contributed by atoms with Gasteiger partial charge in [0, 0.05) is 5.69 Å². The fourth-order valence-corrected chi connectivity index (χ4v) is 4.00. The summed E-state index contributed by atoms with van der Waals surface area (Å²) in [6.07, 6.45) is -4.63. The Morgan fingerprint density at radius 2 is 1.67 bits per heavy atom.